The van der Waals surface area contributed by atoms with E-state index in [1.165, 1.54) is 47.3 Å². The van der Waals surface area contributed by atoms with Crippen LogP contribution in [0.4, 0.5) is 0 Å². The molecule has 6 nitrogen and oxygen atoms in total. The number of rotatable bonds is 16. The van der Waals surface area contributed by atoms with Gasteiger partial charge in [-0.05, 0) is 90.1 Å². The average Bonchev–Trinajstić information content (AvgIpc) is 3.40. The van der Waals surface area contributed by atoms with E-state index in [0.717, 1.165) is 41.2 Å². The Morgan fingerprint density at radius 3 is 1.98 bits per heavy atom. The molecule has 2 aliphatic carbocycles. The van der Waals surface area contributed by atoms with Crippen LogP contribution in [0.25, 0.3) is 11.1 Å². The highest BCUT2D eigenvalue weighted by molar-refractivity contribution is 7.37. The molecule has 1 aliphatic heterocycles. The van der Waals surface area contributed by atoms with E-state index in [2.05, 4.69) is 66.8 Å². The molecule has 2 amide bonds. The van der Waals surface area contributed by atoms with Crippen molar-refractivity contribution in [1.29, 1.82) is 0 Å². The molecule has 2 saturated carbocycles. The van der Waals surface area contributed by atoms with E-state index < -0.39 is 0 Å². The fourth-order valence-corrected chi connectivity index (χ4v) is 9.10. The second kappa shape index (κ2) is 16.6. The smallest absolute Gasteiger partial charge is 0.262 e. The second-order valence-electron chi connectivity index (χ2n) is 15.2. The molecule has 4 atom stereocenters. The molecule has 2 fully saturated rings. The number of carbonyl (C=O) groups excluding carboxylic acids is 2. The van der Waals surface area contributed by atoms with Crippen molar-refractivity contribution in [2.45, 2.75) is 76.4 Å². The molecule has 7 rings (SSSR count). The minimum absolute atomic E-state index is 0.0135. The lowest BCUT2D eigenvalue weighted by molar-refractivity contribution is -0.135. The predicted molar refractivity (Wildman–Crippen MR) is 216 cm³/mol. The lowest BCUT2D eigenvalue weighted by atomic mass is 9.50. The van der Waals surface area contributed by atoms with Gasteiger partial charge in [-0.2, -0.15) is 10.00 Å². The molecule has 0 spiro atoms. The summed E-state index contributed by atoms with van der Waals surface area (Å²) < 4.78 is 6.61. The first-order valence-electron chi connectivity index (χ1n) is 19.1. The van der Waals surface area contributed by atoms with Gasteiger partial charge >= 0.3 is 0 Å². The second-order valence-corrected chi connectivity index (χ2v) is 16.7. The summed E-state index contributed by atoms with van der Waals surface area (Å²) in [6, 6.07) is 36.2. The summed E-state index contributed by atoms with van der Waals surface area (Å²) in [5.41, 5.74) is 7.76. The third-order valence-electron chi connectivity index (χ3n) is 11.5. The number of allylic oxidation sites excluding steroid dienone is 1. The van der Waals surface area contributed by atoms with Crippen LogP contribution in [0, 0.1) is 11.8 Å². The lowest BCUT2D eigenvalue weighted by Gasteiger charge is -2.55. The number of hydrogen-bond acceptors (Lipinski definition) is 5. The molecule has 0 radical (unpaired) electrons. The van der Waals surface area contributed by atoms with Gasteiger partial charge in [-0.3, -0.25) is 14.5 Å². The van der Waals surface area contributed by atoms with Gasteiger partial charge in [0, 0.05) is 20.7 Å². The average molecular weight is 724 g/mol. The summed E-state index contributed by atoms with van der Waals surface area (Å²) in [5, 5.41) is 4.48. The zero-order chi connectivity index (χ0) is 36.8. The summed E-state index contributed by atoms with van der Waals surface area (Å²) in [7, 11) is 0.470. The van der Waals surface area contributed by atoms with E-state index in [1.54, 1.807) is 0 Å². The minimum Gasteiger partial charge on any atom is -0.493 e. The maximum atomic E-state index is 13.8. The number of ether oxygens (including phenoxy) is 1. The van der Waals surface area contributed by atoms with Crippen LogP contribution in [0.3, 0.4) is 0 Å². The molecular formula is C46H50N3O3P. The van der Waals surface area contributed by atoms with Crippen LogP contribution in [0.2, 0.25) is 0 Å². The summed E-state index contributed by atoms with van der Waals surface area (Å²) in [6.07, 6.45) is 7.93. The normalized spacial score (nSPS) is 21.0. The van der Waals surface area contributed by atoms with E-state index in [1.807, 2.05) is 72.8 Å². The van der Waals surface area contributed by atoms with Crippen molar-refractivity contribution in [3.8, 4) is 5.75 Å². The first kappa shape index (κ1) is 36.7. The van der Waals surface area contributed by atoms with Gasteiger partial charge in [-0.15, -0.1) is 6.58 Å². The molecule has 0 aromatic heterocycles. The van der Waals surface area contributed by atoms with Crippen molar-refractivity contribution in [3.05, 3.63) is 149 Å². The summed E-state index contributed by atoms with van der Waals surface area (Å²) in [4.78, 5) is 33.4. The zero-order valence-corrected chi connectivity index (χ0v) is 32.0. The molecule has 0 saturated heterocycles. The largest absolute Gasteiger partial charge is 0.493 e. The first-order chi connectivity index (χ1) is 25.8. The van der Waals surface area contributed by atoms with E-state index >= 15 is 0 Å². The van der Waals surface area contributed by atoms with Gasteiger partial charge in [0.05, 0.1) is 24.3 Å². The molecule has 0 N–H and O–H groups in total. The highest BCUT2D eigenvalue weighted by atomic mass is 31.1. The Kier molecular flexibility index (Phi) is 11.5. The van der Waals surface area contributed by atoms with Crippen LogP contribution >= 0.6 is 8.73 Å². The zero-order valence-electron chi connectivity index (χ0n) is 31.0. The van der Waals surface area contributed by atoms with Crippen LogP contribution in [0.5, 0.6) is 5.75 Å². The van der Waals surface area contributed by atoms with Gasteiger partial charge in [0.25, 0.3) is 11.8 Å². The Morgan fingerprint density at radius 1 is 0.849 bits per heavy atom. The van der Waals surface area contributed by atoms with Crippen molar-refractivity contribution in [2.75, 3.05) is 13.2 Å². The monoisotopic (exact) mass is 723 g/mol. The lowest BCUT2D eigenvalue weighted by Crippen LogP contribution is -2.53. The Labute approximate surface area is 316 Å². The van der Waals surface area contributed by atoms with Crippen molar-refractivity contribution in [3.63, 3.8) is 0 Å². The number of imide groups is 1. The van der Waals surface area contributed by atoms with Crippen LogP contribution in [0.1, 0.15) is 80.2 Å². The number of benzene rings is 4. The molecule has 3 aliphatic rings. The molecule has 272 valence electrons. The molecular weight excluding hydrogens is 673 g/mol. The Morgan fingerprint density at radius 2 is 1.45 bits per heavy atom. The van der Waals surface area contributed by atoms with Gasteiger partial charge in [-0.25, -0.2) is 0 Å². The van der Waals surface area contributed by atoms with Crippen molar-refractivity contribution < 1.29 is 14.3 Å². The first-order valence-corrected chi connectivity index (χ1v) is 20.1. The topological polar surface area (TPSA) is 71.3 Å². The molecule has 1 heterocycles. The van der Waals surface area contributed by atoms with Gasteiger partial charge in [0.1, 0.15) is 5.75 Å². The van der Waals surface area contributed by atoms with E-state index in [0.29, 0.717) is 57.6 Å². The SMILES string of the molecule is C=C(C)CC(C)PN=NCc1ccc(C2(COc3ccc(CCN4C(=O)C(c5ccccc5)=C(c5ccccc5)C4=O)cc3)CCC2C2CCC2)cc1. The third-order valence-corrected chi connectivity index (χ3v) is 12.4. The van der Waals surface area contributed by atoms with Crippen molar-refractivity contribution in [2.24, 2.45) is 21.8 Å². The minimum atomic E-state index is -0.242. The summed E-state index contributed by atoms with van der Waals surface area (Å²) >= 11 is 0. The molecule has 7 heteroatoms. The Balaban J connectivity index is 0.986. The molecule has 0 bridgehead atoms. The fraction of sp³-hybridized carbons (Fsp3) is 0.348. The fourth-order valence-electron chi connectivity index (χ4n) is 8.31. The van der Waals surface area contributed by atoms with Crippen LogP contribution in [-0.2, 0) is 28.0 Å². The number of amides is 2. The van der Waals surface area contributed by atoms with E-state index in [9.17, 15) is 9.59 Å². The predicted octanol–water partition coefficient (Wildman–Crippen LogP) is 10.6. The highest BCUT2D eigenvalue weighted by Gasteiger charge is 2.52. The number of carbonyl (C=O) groups is 2. The molecule has 4 unspecified atom stereocenters. The van der Waals surface area contributed by atoms with Crippen molar-refractivity contribution >= 4 is 31.7 Å². The van der Waals surface area contributed by atoms with Gasteiger partial charge in [-0.1, -0.05) is 129 Å². The van der Waals surface area contributed by atoms with Crippen molar-refractivity contribution in [1.82, 2.24) is 4.90 Å². The van der Waals surface area contributed by atoms with Crippen LogP contribution < -0.4 is 4.74 Å². The van der Waals surface area contributed by atoms with Gasteiger partial charge < -0.3 is 4.74 Å². The number of hydrogen-bond donors (Lipinski definition) is 0. The summed E-state index contributed by atoms with van der Waals surface area (Å²) in [6.45, 7) is 9.85. The van der Waals surface area contributed by atoms with Gasteiger partial charge in [0.2, 0.25) is 0 Å². The summed E-state index contributed by atoms with van der Waals surface area (Å²) in [5.74, 6) is 1.78. The highest BCUT2D eigenvalue weighted by Crippen LogP contribution is 2.56. The Hall–Kier alpha value is -4.67. The third kappa shape index (κ3) is 8.14. The maximum absolute atomic E-state index is 13.8. The van der Waals surface area contributed by atoms with Crippen LogP contribution in [0.15, 0.2) is 131 Å². The quantitative estimate of drug-likeness (QED) is 0.0500. The molecule has 53 heavy (non-hydrogen) atoms. The van der Waals surface area contributed by atoms with E-state index in [4.69, 9.17) is 4.74 Å². The van der Waals surface area contributed by atoms with Gasteiger partial charge in [0.15, 0.2) is 0 Å². The van der Waals surface area contributed by atoms with E-state index in [-0.39, 0.29) is 17.2 Å². The number of nitrogens with zero attached hydrogens (tertiary/aromatic N) is 3. The Bertz CT molecular complexity index is 1910. The standard InChI is InChI=1S/C46H50N3O3P/c1-32(2)29-33(3)53-48-47-30-35-17-21-39(22-18-35)46(27-25-41(46)36-15-10-16-36)31-52-40-23-19-34(20-24-40)26-28-49-44(50)42(37-11-6-4-7-12-37)43(45(49)51)38-13-8-5-9-14-38/h4-9,11-14,17-24,33,36,41,53H,1,10,15-16,25-31H2,2-3H3. The molecule has 4 aromatic rings. The molecule has 4 aromatic carbocycles. The van der Waals surface area contributed by atoms with Crippen LogP contribution in [-0.4, -0.2) is 35.5 Å². The maximum Gasteiger partial charge on any atom is 0.262 e.